The minimum Gasteiger partial charge on any atom is -0.478 e. The van der Waals surface area contributed by atoms with Gasteiger partial charge in [-0.1, -0.05) is 25.1 Å². The minimum atomic E-state index is -4.10. The molecule has 0 radical (unpaired) electrons. The molecule has 1 saturated heterocycles. The molecule has 0 saturated carbocycles. The number of para-hydroxylation sites is 1. The Hall–Kier alpha value is -3.27. The number of carboxylic acids is 1. The average molecular weight is 558 g/mol. The van der Waals surface area contributed by atoms with Gasteiger partial charge in [0, 0.05) is 19.1 Å². The molecular formula is C29H39N3O6S. The van der Waals surface area contributed by atoms with E-state index in [1.54, 1.807) is 29.2 Å². The lowest BCUT2D eigenvalue weighted by Gasteiger charge is -2.28. The van der Waals surface area contributed by atoms with E-state index in [-0.39, 0.29) is 34.2 Å². The van der Waals surface area contributed by atoms with E-state index in [4.69, 9.17) is 4.74 Å². The fourth-order valence-corrected chi connectivity index (χ4v) is 6.88. The molecule has 1 heterocycles. The van der Waals surface area contributed by atoms with Crippen LogP contribution < -0.4 is 10.0 Å². The number of aromatic carboxylic acids is 1. The van der Waals surface area contributed by atoms with Gasteiger partial charge in [-0.05, 0) is 94.5 Å². The van der Waals surface area contributed by atoms with E-state index in [9.17, 15) is 23.1 Å². The van der Waals surface area contributed by atoms with E-state index in [1.165, 1.54) is 6.07 Å². The van der Waals surface area contributed by atoms with Gasteiger partial charge in [0.1, 0.15) is 10.5 Å². The number of amides is 1. The third kappa shape index (κ3) is 6.66. The Morgan fingerprint density at radius 1 is 1.08 bits per heavy atom. The maximum atomic E-state index is 13.5. The van der Waals surface area contributed by atoms with Crippen LogP contribution >= 0.6 is 0 Å². The summed E-state index contributed by atoms with van der Waals surface area (Å²) in [6, 6.07) is 9.94. The van der Waals surface area contributed by atoms with E-state index >= 15 is 0 Å². The number of benzene rings is 2. The van der Waals surface area contributed by atoms with Crippen molar-refractivity contribution in [3.63, 3.8) is 0 Å². The summed E-state index contributed by atoms with van der Waals surface area (Å²) >= 11 is 0. The van der Waals surface area contributed by atoms with Gasteiger partial charge < -0.3 is 20.1 Å². The Morgan fingerprint density at radius 2 is 1.82 bits per heavy atom. The van der Waals surface area contributed by atoms with Crippen LogP contribution in [0.1, 0.15) is 87.2 Å². The first-order valence-electron chi connectivity index (χ1n) is 13.6. The SMILES string of the molecule is C[C@@H]1CCCc2ccc(NS(=O)(=O)c3ccccc3NCC[C@@H]3CCCN3C(=O)OC(C)(C)C)c(C(=O)O)c21. The van der Waals surface area contributed by atoms with Crippen LogP contribution in [0.2, 0.25) is 0 Å². The van der Waals surface area contributed by atoms with E-state index in [0.29, 0.717) is 30.8 Å². The molecule has 2 aliphatic rings. The molecule has 0 unspecified atom stereocenters. The summed E-state index contributed by atoms with van der Waals surface area (Å²) in [5.41, 5.74) is 1.62. The largest absolute Gasteiger partial charge is 0.478 e. The van der Waals surface area contributed by atoms with Crippen molar-refractivity contribution in [2.45, 2.75) is 88.7 Å². The topological polar surface area (TPSA) is 125 Å². The molecule has 3 N–H and O–H groups in total. The highest BCUT2D eigenvalue weighted by Gasteiger charge is 2.32. The summed E-state index contributed by atoms with van der Waals surface area (Å²) in [7, 11) is -4.10. The Balaban J connectivity index is 1.50. The zero-order valence-corrected chi connectivity index (χ0v) is 23.9. The van der Waals surface area contributed by atoms with Crippen LogP contribution in [0.4, 0.5) is 16.2 Å². The number of carbonyl (C=O) groups excluding carboxylic acids is 1. The number of likely N-dealkylation sites (tertiary alicyclic amines) is 1. The number of nitrogens with one attached hydrogen (secondary N) is 2. The van der Waals surface area contributed by atoms with Gasteiger partial charge in [-0.25, -0.2) is 18.0 Å². The second kappa shape index (κ2) is 11.5. The summed E-state index contributed by atoms with van der Waals surface area (Å²) in [6.07, 6.45) is 4.68. The summed E-state index contributed by atoms with van der Waals surface area (Å²) in [4.78, 5) is 26.6. The molecule has 212 valence electrons. The molecule has 4 rings (SSSR count). The van der Waals surface area contributed by atoms with Gasteiger partial charge in [0.25, 0.3) is 10.0 Å². The number of fused-ring (bicyclic) bond motifs is 1. The van der Waals surface area contributed by atoms with Crippen LogP contribution in [-0.2, 0) is 21.2 Å². The summed E-state index contributed by atoms with van der Waals surface area (Å²) in [5, 5.41) is 13.2. The van der Waals surface area contributed by atoms with Crippen LogP contribution in [0.15, 0.2) is 41.3 Å². The lowest BCUT2D eigenvalue weighted by Crippen LogP contribution is -2.40. The number of hydrogen-bond acceptors (Lipinski definition) is 6. The van der Waals surface area contributed by atoms with Crippen LogP contribution in [0.25, 0.3) is 0 Å². The zero-order valence-electron chi connectivity index (χ0n) is 23.1. The predicted octanol–water partition coefficient (Wildman–Crippen LogP) is 5.83. The molecule has 2 aromatic carbocycles. The van der Waals surface area contributed by atoms with Gasteiger partial charge in [0.05, 0.1) is 16.9 Å². The number of rotatable bonds is 8. The van der Waals surface area contributed by atoms with Gasteiger partial charge in [-0.3, -0.25) is 4.72 Å². The third-order valence-electron chi connectivity index (χ3n) is 7.34. The molecule has 0 aromatic heterocycles. The van der Waals surface area contributed by atoms with E-state index in [0.717, 1.165) is 37.7 Å². The van der Waals surface area contributed by atoms with Crippen LogP contribution in [0, 0.1) is 0 Å². The maximum absolute atomic E-state index is 13.5. The Bertz CT molecular complexity index is 1340. The summed E-state index contributed by atoms with van der Waals surface area (Å²) in [6.45, 7) is 8.59. The first-order chi connectivity index (χ1) is 18.4. The van der Waals surface area contributed by atoms with Crippen molar-refractivity contribution in [1.82, 2.24) is 4.90 Å². The van der Waals surface area contributed by atoms with Crippen molar-refractivity contribution in [2.75, 3.05) is 23.1 Å². The lowest BCUT2D eigenvalue weighted by atomic mass is 9.80. The molecule has 2 atom stereocenters. The monoisotopic (exact) mass is 557 g/mol. The van der Waals surface area contributed by atoms with Gasteiger partial charge in [-0.15, -0.1) is 0 Å². The van der Waals surface area contributed by atoms with Crippen LogP contribution in [0.5, 0.6) is 0 Å². The minimum absolute atomic E-state index is 0.00449. The molecule has 1 amide bonds. The first-order valence-corrected chi connectivity index (χ1v) is 15.1. The van der Waals surface area contributed by atoms with Gasteiger partial charge in [0.2, 0.25) is 0 Å². The highest BCUT2D eigenvalue weighted by atomic mass is 32.2. The van der Waals surface area contributed by atoms with E-state index in [2.05, 4.69) is 10.0 Å². The molecule has 39 heavy (non-hydrogen) atoms. The third-order valence-corrected chi connectivity index (χ3v) is 8.77. The number of carboxylic acid groups (broad SMARTS) is 1. The number of anilines is 2. The van der Waals surface area contributed by atoms with E-state index in [1.807, 2.05) is 33.8 Å². The highest BCUT2D eigenvalue weighted by Crippen LogP contribution is 2.38. The number of carbonyl (C=O) groups is 2. The number of hydrogen-bond donors (Lipinski definition) is 3. The van der Waals surface area contributed by atoms with Crippen molar-refractivity contribution in [3.8, 4) is 0 Å². The van der Waals surface area contributed by atoms with Crippen molar-refractivity contribution >= 4 is 33.5 Å². The molecule has 1 aliphatic carbocycles. The number of nitrogens with zero attached hydrogens (tertiary/aromatic N) is 1. The maximum Gasteiger partial charge on any atom is 0.410 e. The number of aryl methyl sites for hydroxylation is 1. The molecular weight excluding hydrogens is 518 g/mol. The Kier molecular flexibility index (Phi) is 8.44. The number of sulfonamides is 1. The molecule has 2 aromatic rings. The van der Waals surface area contributed by atoms with Crippen LogP contribution in [-0.4, -0.2) is 55.2 Å². The second-order valence-electron chi connectivity index (χ2n) is 11.4. The zero-order chi connectivity index (χ0) is 28.4. The lowest BCUT2D eigenvalue weighted by molar-refractivity contribution is 0.0222. The Labute approximate surface area is 231 Å². The standard InChI is InChI=1S/C29H39N3O6S/c1-19-9-7-10-20-14-15-23(26(25(19)20)27(33)34)31-39(36,37)24-13-6-5-12-22(24)30-17-16-21-11-8-18-32(21)28(35)38-29(2,3)4/h5-6,12-15,19,21,30-31H,7-11,16-18H2,1-4H3,(H,33,34)/t19-,21+/m1/s1. The van der Waals surface area contributed by atoms with Crippen molar-refractivity contribution < 1.29 is 27.9 Å². The van der Waals surface area contributed by atoms with Gasteiger partial charge in [-0.2, -0.15) is 0 Å². The molecule has 1 fully saturated rings. The fourth-order valence-electron chi connectivity index (χ4n) is 5.62. The molecule has 1 aliphatic heterocycles. The second-order valence-corrected chi connectivity index (χ2v) is 13.1. The van der Waals surface area contributed by atoms with Gasteiger partial charge >= 0.3 is 12.1 Å². The molecule has 0 bridgehead atoms. The smallest absolute Gasteiger partial charge is 0.410 e. The molecule has 9 nitrogen and oxygen atoms in total. The quantitative estimate of drug-likeness (QED) is 0.373. The Morgan fingerprint density at radius 3 is 2.54 bits per heavy atom. The van der Waals surface area contributed by atoms with Gasteiger partial charge in [0.15, 0.2) is 0 Å². The highest BCUT2D eigenvalue weighted by molar-refractivity contribution is 7.92. The summed E-state index contributed by atoms with van der Waals surface area (Å²) < 4.78 is 35.1. The van der Waals surface area contributed by atoms with Crippen molar-refractivity contribution in [2.24, 2.45) is 0 Å². The first kappa shape index (κ1) is 28.7. The normalized spacial score (nSPS) is 19.3. The predicted molar refractivity (Wildman–Crippen MR) is 151 cm³/mol. The van der Waals surface area contributed by atoms with Crippen molar-refractivity contribution in [1.29, 1.82) is 0 Å². The average Bonchev–Trinajstić information content (AvgIpc) is 3.32. The van der Waals surface area contributed by atoms with E-state index < -0.39 is 21.6 Å². The van der Waals surface area contributed by atoms with Crippen LogP contribution in [0.3, 0.4) is 0 Å². The fraction of sp³-hybridized carbons (Fsp3) is 0.517. The summed E-state index contributed by atoms with van der Waals surface area (Å²) in [5.74, 6) is -1.11. The van der Waals surface area contributed by atoms with Crippen molar-refractivity contribution in [3.05, 3.63) is 53.1 Å². The number of ether oxygens (including phenoxy) is 1. The molecule has 0 spiro atoms. The molecule has 10 heteroatoms.